The first-order chi connectivity index (χ1) is 21.3. The summed E-state index contributed by atoms with van der Waals surface area (Å²) in [7, 11) is 0. The minimum absolute atomic E-state index is 0.110. The first kappa shape index (κ1) is 32.9. The van der Waals surface area contributed by atoms with Gasteiger partial charge in [0, 0.05) is 65.9 Å². The van der Waals surface area contributed by atoms with Crippen molar-refractivity contribution in [3.63, 3.8) is 0 Å². The van der Waals surface area contributed by atoms with E-state index in [0.717, 1.165) is 37.8 Å². The number of hydrogen-bond donors (Lipinski definition) is 2. The summed E-state index contributed by atoms with van der Waals surface area (Å²) < 4.78 is 58.1. The lowest BCUT2D eigenvalue weighted by Crippen LogP contribution is -2.62. The molecule has 2 saturated heterocycles. The van der Waals surface area contributed by atoms with Crippen LogP contribution in [0.15, 0.2) is 71.5 Å². The van der Waals surface area contributed by atoms with Gasteiger partial charge in [-0.25, -0.2) is 27.3 Å². The molecule has 2 aliphatic heterocycles. The number of halogens is 5. The fraction of sp³-hybridized carbons (Fsp3) is 0.424. The van der Waals surface area contributed by atoms with Gasteiger partial charge in [-0.1, -0.05) is 52.3 Å². The van der Waals surface area contributed by atoms with Gasteiger partial charge in [-0.15, -0.1) is 0 Å². The van der Waals surface area contributed by atoms with Crippen molar-refractivity contribution in [2.75, 3.05) is 26.2 Å². The van der Waals surface area contributed by atoms with Crippen molar-refractivity contribution >= 4 is 33.1 Å². The highest BCUT2D eigenvalue weighted by atomic mass is 79.9. The van der Waals surface area contributed by atoms with Gasteiger partial charge in [0.1, 0.15) is 5.60 Å². The number of pyridine rings is 1. The number of likely N-dealkylation sites (tertiary alicyclic amines) is 1. The van der Waals surface area contributed by atoms with Gasteiger partial charge in [0.25, 0.3) is 0 Å². The molecule has 2 aliphatic rings. The van der Waals surface area contributed by atoms with Crippen molar-refractivity contribution in [1.29, 1.82) is 0 Å². The number of carbonyl (C=O) groups is 1. The van der Waals surface area contributed by atoms with Crippen LogP contribution in [0.1, 0.15) is 44.7 Å². The molecule has 45 heavy (non-hydrogen) atoms. The van der Waals surface area contributed by atoms with Crippen LogP contribution in [0.4, 0.5) is 22.4 Å². The molecule has 4 heterocycles. The van der Waals surface area contributed by atoms with E-state index in [0.29, 0.717) is 13.1 Å². The number of amides is 1. The second kappa shape index (κ2) is 13.1. The van der Waals surface area contributed by atoms with Gasteiger partial charge in [0.2, 0.25) is 12.9 Å². The van der Waals surface area contributed by atoms with Crippen LogP contribution in [0, 0.1) is 0 Å². The summed E-state index contributed by atoms with van der Waals surface area (Å²) in [6.45, 7) is 7.05. The Hall–Kier alpha value is -3.51. The Kier molecular flexibility index (Phi) is 9.55. The minimum Gasteiger partial charge on any atom is -0.444 e. The maximum absolute atomic E-state index is 13.0. The molecule has 2 fully saturated rings. The fourth-order valence-electron chi connectivity index (χ4n) is 5.99. The van der Waals surface area contributed by atoms with E-state index >= 15 is 0 Å². The summed E-state index contributed by atoms with van der Waals surface area (Å²) in [6.07, 6.45) is -2.08. The second-order valence-electron chi connectivity index (χ2n) is 12.8. The Morgan fingerprint density at radius 3 is 2.22 bits per heavy atom. The molecule has 0 bridgehead atoms. The van der Waals surface area contributed by atoms with E-state index in [1.807, 2.05) is 54.6 Å². The molecular formula is C33H36BrF4N5O2. The van der Waals surface area contributed by atoms with E-state index in [4.69, 9.17) is 4.74 Å². The van der Waals surface area contributed by atoms with Crippen molar-refractivity contribution in [1.82, 2.24) is 25.4 Å². The summed E-state index contributed by atoms with van der Waals surface area (Å²) in [5.74, 6) is 0. The summed E-state index contributed by atoms with van der Waals surface area (Å²) in [5, 5.41) is 10.9. The number of fused-ring (bicyclic) bond motifs is 1. The van der Waals surface area contributed by atoms with Crippen molar-refractivity contribution < 1.29 is 27.1 Å². The number of H-pyrrole nitrogens is 1. The predicted molar refractivity (Wildman–Crippen MR) is 169 cm³/mol. The highest BCUT2D eigenvalue weighted by Crippen LogP contribution is 2.41. The third-order valence-electron chi connectivity index (χ3n) is 8.23. The fourth-order valence-corrected chi connectivity index (χ4v) is 6.39. The molecule has 240 valence electrons. The molecule has 1 amide bonds. The van der Waals surface area contributed by atoms with Crippen LogP contribution in [0.25, 0.3) is 22.2 Å². The molecule has 7 nitrogen and oxygen atoms in total. The van der Waals surface area contributed by atoms with E-state index in [9.17, 15) is 22.4 Å². The summed E-state index contributed by atoms with van der Waals surface area (Å²) in [4.78, 5) is 17.7. The van der Waals surface area contributed by atoms with Crippen LogP contribution < -0.4 is 5.32 Å². The normalized spacial score (nSPS) is 17.0. The first-order valence-corrected chi connectivity index (χ1v) is 15.5. The predicted octanol–water partition coefficient (Wildman–Crippen LogP) is 7.71. The zero-order chi connectivity index (χ0) is 32.4. The summed E-state index contributed by atoms with van der Waals surface area (Å²) in [6, 6.07) is 17.2. The van der Waals surface area contributed by atoms with Gasteiger partial charge in [0.15, 0.2) is 5.65 Å². The van der Waals surface area contributed by atoms with E-state index in [2.05, 4.69) is 36.4 Å². The zero-order valence-corrected chi connectivity index (χ0v) is 26.9. The van der Waals surface area contributed by atoms with Crippen molar-refractivity contribution in [2.24, 2.45) is 0 Å². The van der Waals surface area contributed by atoms with Gasteiger partial charge < -0.3 is 15.0 Å². The molecule has 2 N–H and O–H groups in total. The lowest BCUT2D eigenvalue weighted by atomic mass is 9.71. The van der Waals surface area contributed by atoms with Crippen LogP contribution >= 0.6 is 15.9 Å². The first-order valence-electron chi connectivity index (χ1n) is 14.7. The number of nitrogens with one attached hydrogen (secondary N) is 2. The molecule has 4 aromatic rings. The Morgan fingerprint density at radius 2 is 1.62 bits per heavy atom. The lowest BCUT2D eigenvalue weighted by molar-refractivity contribution is -0.0260. The molecule has 0 aliphatic carbocycles. The van der Waals surface area contributed by atoms with Gasteiger partial charge in [0.05, 0.1) is 6.20 Å². The van der Waals surface area contributed by atoms with Gasteiger partial charge in [-0.05, 0) is 61.2 Å². The Balaban J connectivity index is 0.000000178. The maximum Gasteiger partial charge on any atom is 0.410 e. The highest BCUT2D eigenvalue weighted by Gasteiger charge is 2.49. The van der Waals surface area contributed by atoms with Crippen molar-refractivity contribution in [2.45, 2.75) is 62.9 Å². The third kappa shape index (κ3) is 7.49. The van der Waals surface area contributed by atoms with Crippen molar-refractivity contribution in [3.8, 4) is 11.1 Å². The van der Waals surface area contributed by atoms with Crippen LogP contribution in [0.5, 0.6) is 0 Å². The summed E-state index contributed by atoms with van der Waals surface area (Å²) >= 11 is 3.37. The van der Waals surface area contributed by atoms with E-state index in [1.54, 1.807) is 33.2 Å². The molecule has 0 saturated carbocycles. The molecule has 12 heteroatoms. The van der Waals surface area contributed by atoms with Crippen LogP contribution in [-0.4, -0.2) is 70.8 Å². The topological polar surface area (TPSA) is 83.1 Å². The number of hydrogen-bond acceptors (Lipinski definition) is 5. The highest BCUT2D eigenvalue weighted by molar-refractivity contribution is 9.10. The van der Waals surface area contributed by atoms with Gasteiger partial charge in [-0.2, -0.15) is 5.10 Å². The molecule has 2 aromatic carbocycles. The standard InChI is InChI=1S/C17H16F2N4.C16H20BrF2NO2/c18-15(19)7-17(9-20-10-17)12-3-1-2-11(6-12)13-4-5-21-16-14(13)8-22-23-16;1-15(2,3)22-14(21)20-9-16(10-20,8-13(18)19)11-5-4-6-12(17)7-11/h1-6,8,15,20H,7,9-10H2,(H,21,22,23);4-7,13H,8-10H2,1-3H3. The van der Waals surface area contributed by atoms with E-state index in [-0.39, 0.29) is 25.9 Å². The van der Waals surface area contributed by atoms with Gasteiger partial charge >= 0.3 is 6.09 Å². The number of aromatic amines is 1. The second-order valence-corrected chi connectivity index (χ2v) is 13.7. The number of ether oxygens (including phenoxy) is 1. The maximum atomic E-state index is 13.0. The van der Waals surface area contributed by atoms with Crippen LogP contribution in [-0.2, 0) is 15.6 Å². The smallest absolute Gasteiger partial charge is 0.410 e. The third-order valence-corrected chi connectivity index (χ3v) is 8.73. The molecule has 0 radical (unpaired) electrons. The van der Waals surface area contributed by atoms with Crippen molar-refractivity contribution in [3.05, 3.63) is 82.6 Å². The van der Waals surface area contributed by atoms with E-state index in [1.165, 1.54) is 4.90 Å². The number of nitrogens with zero attached hydrogens (tertiary/aromatic N) is 3. The Labute approximate surface area is 267 Å². The quantitative estimate of drug-likeness (QED) is 0.194. The van der Waals surface area contributed by atoms with Gasteiger partial charge in [-0.3, -0.25) is 5.10 Å². The lowest BCUT2D eigenvalue weighted by Gasteiger charge is -2.50. The Bertz CT molecular complexity index is 1630. The Morgan fingerprint density at radius 1 is 0.978 bits per heavy atom. The molecule has 2 aromatic heterocycles. The molecule has 0 unspecified atom stereocenters. The average Bonchev–Trinajstić information content (AvgIpc) is 3.41. The molecule has 0 spiro atoms. The average molecular weight is 691 g/mol. The SMILES string of the molecule is CC(C)(C)OC(=O)N1CC(CC(F)F)(c2cccc(Br)c2)C1.FC(F)CC1(c2cccc(-c3ccnc4[nH]ncc34)c2)CNC1. The molecule has 6 rings (SSSR count). The molecule has 0 atom stereocenters. The molecular weight excluding hydrogens is 654 g/mol. The number of carbonyl (C=O) groups excluding carboxylic acids is 1. The number of rotatable bonds is 7. The number of aromatic nitrogens is 3. The van der Waals surface area contributed by atoms with E-state index < -0.39 is 35.4 Å². The van der Waals surface area contributed by atoms with Crippen LogP contribution in [0.2, 0.25) is 0 Å². The zero-order valence-electron chi connectivity index (χ0n) is 25.3. The van der Waals surface area contributed by atoms with Crippen LogP contribution in [0.3, 0.4) is 0 Å². The number of benzene rings is 2. The summed E-state index contributed by atoms with van der Waals surface area (Å²) in [5.41, 5.74) is 2.75. The largest absolute Gasteiger partial charge is 0.444 e. The minimum atomic E-state index is -2.42. The monoisotopic (exact) mass is 689 g/mol. The number of alkyl halides is 4.